The number of aliphatic carboxylic acids is 1. The Kier molecular flexibility index (Phi) is 10.0. The molecule has 0 aromatic carbocycles. The minimum absolute atomic E-state index is 0.555. The zero-order valence-electron chi connectivity index (χ0n) is 14.6. The van der Waals surface area contributed by atoms with Gasteiger partial charge in [0.1, 0.15) is 6.10 Å². The summed E-state index contributed by atoms with van der Waals surface area (Å²) >= 11 is 0. The van der Waals surface area contributed by atoms with Crippen LogP contribution in [0, 0.1) is 0 Å². The summed E-state index contributed by atoms with van der Waals surface area (Å²) in [4.78, 5) is 10.6. The van der Waals surface area contributed by atoms with Gasteiger partial charge in [-0.2, -0.15) is 0 Å². The van der Waals surface area contributed by atoms with Gasteiger partial charge in [0.2, 0.25) is 0 Å². The minimum atomic E-state index is -1.93. The molecule has 1 saturated heterocycles. The maximum Gasteiger partial charge on any atom is 0.367 e. The molecule has 1 heterocycles. The van der Waals surface area contributed by atoms with Gasteiger partial charge in [0.25, 0.3) is 5.79 Å². The number of epoxide rings is 1. The number of hydrogen-bond donors (Lipinski definition) is 2. The molecule has 0 bridgehead atoms. The summed E-state index contributed by atoms with van der Waals surface area (Å²) in [7, 11) is 0. The van der Waals surface area contributed by atoms with Gasteiger partial charge in [0.05, 0.1) is 0 Å². The number of rotatable bonds is 13. The van der Waals surface area contributed by atoms with E-state index in [2.05, 4.69) is 19.1 Å². The minimum Gasteiger partial charge on any atom is -0.477 e. The number of carbonyl (C=O) groups is 1. The van der Waals surface area contributed by atoms with Crippen molar-refractivity contribution in [3.8, 4) is 0 Å². The first kappa shape index (κ1) is 20.4. The Morgan fingerprint density at radius 1 is 0.958 bits per heavy atom. The van der Waals surface area contributed by atoms with Crippen molar-refractivity contribution in [3.63, 3.8) is 0 Å². The molecule has 1 aliphatic rings. The number of unbranched alkanes of at least 4 members (excludes halogenated alkanes) is 5. The van der Waals surface area contributed by atoms with Crippen LogP contribution >= 0.6 is 0 Å². The zero-order valence-corrected chi connectivity index (χ0v) is 14.6. The van der Waals surface area contributed by atoms with Crippen molar-refractivity contribution in [3.05, 3.63) is 48.6 Å². The monoisotopic (exact) mass is 334 g/mol. The predicted molar refractivity (Wildman–Crippen MR) is 96.6 cm³/mol. The predicted octanol–water partition coefficient (Wildman–Crippen LogP) is 4.52. The first-order chi connectivity index (χ1) is 11.6. The molecule has 0 saturated carbocycles. The highest BCUT2D eigenvalue weighted by atomic mass is 16.8. The smallest absolute Gasteiger partial charge is 0.367 e. The molecule has 24 heavy (non-hydrogen) atoms. The van der Waals surface area contributed by atoms with Crippen LogP contribution in [0.2, 0.25) is 0 Å². The van der Waals surface area contributed by atoms with E-state index in [0.717, 1.165) is 19.3 Å². The molecule has 1 fully saturated rings. The van der Waals surface area contributed by atoms with Gasteiger partial charge in [-0.25, -0.2) is 4.79 Å². The molecule has 0 amide bonds. The maximum atomic E-state index is 10.6. The van der Waals surface area contributed by atoms with Crippen LogP contribution in [-0.4, -0.2) is 28.1 Å². The van der Waals surface area contributed by atoms with Gasteiger partial charge in [-0.15, -0.1) is 0 Å². The number of carboxylic acids is 1. The first-order valence-electron chi connectivity index (χ1n) is 8.90. The second kappa shape index (κ2) is 11.8. The molecule has 2 atom stereocenters. The summed E-state index contributed by atoms with van der Waals surface area (Å²) in [5.41, 5.74) is 0. The van der Waals surface area contributed by atoms with Gasteiger partial charge in [0, 0.05) is 0 Å². The van der Waals surface area contributed by atoms with Crippen molar-refractivity contribution >= 4 is 5.97 Å². The largest absolute Gasteiger partial charge is 0.477 e. The Morgan fingerprint density at radius 3 is 2.08 bits per heavy atom. The molecule has 4 nitrogen and oxygen atoms in total. The fourth-order valence-corrected chi connectivity index (χ4v) is 2.34. The highest BCUT2D eigenvalue weighted by Gasteiger charge is 2.61. The summed E-state index contributed by atoms with van der Waals surface area (Å²) < 4.78 is 4.79. The molecule has 2 unspecified atom stereocenters. The van der Waals surface area contributed by atoms with Crippen LogP contribution < -0.4 is 0 Å². The zero-order chi connectivity index (χ0) is 17.7. The standard InChI is InChI=1S/C20H30O4/c1-2-3-4-5-6-7-8-9-10-11-12-13-14-15-16-17-18-20(23,24-18)19(21)22/h7-14,18,23H,2-6,15-17H2,1H3,(H,21,22). The lowest BCUT2D eigenvalue weighted by Gasteiger charge is -1.96. The third-order valence-corrected chi connectivity index (χ3v) is 3.90. The average Bonchev–Trinajstić information content (AvgIpc) is 3.23. The first-order valence-corrected chi connectivity index (χ1v) is 8.90. The van der Waals surface area contributed by atoms with Crippen molar-refractivity contribution < 1.29 is 19.7 Å². The van der Waals surface area contributed by atoms with Crippen molar-refractivity contribution in [2.24, 2.45) is 0 Å². The highest BCUT2D eigenvalue weighted by molar-refractivity contribution is 5.78. The lowest BCUT2D eigenvalue weighted by Crippen LogP contribution is -2.26. The van der Waals surface area contributed by atoms with Crippen LogP contribution in [0.15, 0.2) is 48.6 Å². The van der Waals surface area contributed by atoms with Gasteiger partial charge in [-0.1, -0.05) is 74.8 Å². The van der Waals surface area contributed by atoms with E-state index in [1.165, 1.54) is 25.7 Å². The molecule has 0 aliphatic carbocycles. The lowest BCUT2D eigenvalue weighted by atomic mass is 10.1. The fourth-order valence-electron chi connectivity index (χ4n) is 2.34. The van der Waals surface area contributed by atoms with E-state index in [4.69, 9.17) is 9.84 Å². The number of ether oxygens (including phenoxy) is 1. The van der Waals surface area contributed by atoms with Crippen LogP contribution in [-0.2, 0) is 9.53 Å². The molecular formula is C20H30O4. The normalized spacial score (nSPS) is 24.0. The SMILES string of the molecule is CCCCCCC=CC=CC=CC=CCCCC1OC1(O)C(=O)O. The van der Waals surface area contributed by atoms with Gasteiger partial charge in [-0.3, -0.25) is 0 Å². The Labute approximate surface area is 145 Å². The van der Waals surface area contributed by atoms with Gasteiger partial charge < -0.3 is 14.9 Å². The molecule has 1 aliphatic heterocycles. The van der Waals surface area contributed by atoms with Crippen LogP contribution in [0.3, 0.4) is 0 Å². The molecule has 134 valence electrons. The quantitative estimate of drug-likeness (QED) is 0.295. The maximum absolute atomic E-state index is 10.6. The summed E-state index contributed by atoms with van der Waals surface area (Å²) in [6.07, 6.45) is 24.2. The summed E-state index contributed by atoms with van der Waals surface area (Å²) in [6, 6.07) is 0. The summed E-state index contributed by atoms with van der Waals surface area (Å²) in [5.74, 6) is -3.23. The van der Waals surface area contributed by atoms with Crippen molar-refractivity contribution in [1.82, 2.24) is 0 Å². The second-order valence-corrected chi connectivity index (χ2v) is 6.01. The second-order valence-electron chi connectivity index (χ2n) is 6.01. The van der Waals surface area contributed by atoms with Crippen molar-refractivity contribution in [1.29, 1.82) is 0 Å². The number of hydrogen-bond acceptors (Lipinski definition) is 3. The van der Waals surface area contributed by atoms with Gasteiger partial charge in [-0.05, 0) is 32.1 Å². The van der Waals surface area contributed by atoms with Crippen LogP contribution in [0.4, 0.5) is 0 Å². The molecule has 0 spiro atoms. The average molecular weight is 334 g/mol. The number of aliphatic hydroxyl groups is 1. The summed E-state index contributed by atoms with van der Waals surface area (Å²) in [6.45, 7) is 2.22. The van der Waals surface area contributed by atoms with Gasteiger partial charge >= 0.3 is 5.97 Å². The van der Waals surface area contributed by atoms with Crippen LogP contribution in [0.25, 0.3) is 0 Å². The van der Waals surface area contributed by atoms with Gasteiger partial charge in [0.15, 0.2) is 0 Å². The Morgan fingerprint density at radius 2 is 1.54 bits per heavy atom. The lowest BCUT2D eigenvalue weighted by molar-refractivity contribution is -0.157. The molecule has 4 heteroatoms. The molecule has 1 rings (SSSR count). The molecular weight excluding hydrogens is 304 g/mol. The third-order valence-electron chi connectivity index (χ3n) is 3.90. The molecule has 0 radical (unpaired) electrons. The van der Waals surface area contributed by atoms with E-state index in [9.17, 15) is 9.90 Å². The van der Waals surface area contributed by atoms with E-state index in [-0.39, 0.29) is 0 Å². The number of carboxylic acid groups (broad SMARTS) is 1. The summed E-state index contributed by atoms with van der Waals surface area (Å²) in [5, 5.41) is 18.1. The van der Waals surface area contributed by atoms with Crippen LogP contribution in [0.5, 0.6) is 0 Å². The van der Waals surface area contributed by atoms with Crippen LogP contribution in [0.1, 0.15) is 58.3 Å². The topological polar surface area (TPSA) is 70.1 Å². The van der Waals surface area contributed by atoms with E-state index in [1.54, 1.807) is 0 Å². The number of allylic oxidation sites excluding steroid dienone is 8. The van der Waals surface area contributed by atoms with E-state index < -0.39 is 17.9 Å². The molecule has 2 N–H and O–H groups in total. The Hall–Kier alpha value is -1.65. The molecule has 0 aromatic heterocycles. The fraction of sp³-hybridized carbons (Fsp3) is 0.550. The Bertz CT molecular complexity index is 476. The van der Waals surface area contributed by atoms with Crippen molar-refractivity contribution in [2.45, 2.75) is 70.2 Å². The van der Waals surface area contributed by atoms with E-state index in [0.29, 0.717) is 6.42 Å². The Balaban J connectivity index is 1.99. The van der Waals surface area contributed by atoms with E-state index in [1.807, 2.05) is 36.5 Å². The molecule has 0 aromatic rings. The third kappa shape index (κ3) is 8.27. The highest BCUT2D eigenvalue weighted by Crippen LogP contribution is 2.37. The van der Waals surface area contributed by atoms with E-state index >= 15 is 0 Å². The van der Waals surface area contributed by atoms with Crippen molar-refractivity contribution in [2.75, 3.05) is 0 Å².